The second kappa shape index (κ2) is 6.89. The zero-order valence-corrected chi connectivity index (χ0v) is 14.2. The van der Waals surface area contributed by atoms with E-state index in [1.165, 1.54) is 12.4 Å². The van der Waals surface area contributed by atoms with Crippen molar-refractivity contribution >= 4 is 34.7 Å². The number of hydrogen-bond acceptors (Lipinski definition) is 6. The van der Waals surface area contributed by atoms with E-state index in [-0.39, 0.29) is 18.4 Å². The SMILES string of the molecule is O=C(Nc1cccc(Cl)c1)c1cnc(Nc2ccc3c(c2)OCO3)cn1. The number of ether oxygens (including phenoxy) is 2. The summed E-state index contributed by atoms with van der Waals surface area (Å²) in [4.78, 5) is 20.6. The molecule has 0 radical (unpaired) electrons. The first kappa shape index (κ1) is 16.2. The molecule has 0 unspecified atom stereocenters. The summed E-state index contributed by atoms with van der Waals surface area (Å²) < 4.78 is 10.6. The third kappa shape index (κ3) is 3.52. The third-order valence-corrected chi connectivity index (χ3v) is 3.85. The van der Waals surface area contributed by atoms with Gasteiger partial charge in [-0.1, -0.05) is 17.7 Å². The molecule has 8 heteroatoms. The first-order chi connectivity index (χ1) is 12.7. The van der Waals surface area contributed by atoms with E-state index < -0.39 is 0 Å². The summed E-state index contributed by atoms with van der Waals surface area (Å²) in [6.45, 7) is 0.217. The van der Waals surface area contributed by atoms with Gasteiger partial charge in [-0.25, -0.2) is 9.97 Å². The van der Waals surface area contributed by atoms with E-state index >= 15 is 0 Å². The van der Waals surface area contributed by atoms with Gasteiger partial charge in [0.25, 0.3) is 5.91 Å². The maximum atomic E-state index is 12.2. The molecular formula is C18H13ClN4O3. The molecule has 0 saturated heterocycles. The van der Waals surface area contributed by atoms with E-state index in [4.69, 9.17) is 21.1 Å². The Labute approximate surface area is 154 Å². The largest absolute Gasteiger partial charge is 0.454 e. The van der Waals surface area contributed by atoms with Gasteiger partial charge in [0.05, 0.1) is 12.4 Å². The molecule has 1 aliphatic rings. The van der Waals surface area contributed by atoms with Crippen LogP contribution in [0, 0.1) is 0 Å². The molecule has 1 aliphatic heterocycles. The number of nitrogens with zero attached hydrogens (tertiary/aromatic N) is 2. The summed E-state index contributed by atoms with van der Waals surface area (Å²) >= 11 is 5.90. The monoisotopic (exact) mass is 368 g/mol. The molecule has 7 nitrogen and oxygen atoms in total. The molecule has 0 fully saturated rings. The lowest BCUT2D eigenvalue weighted by Gasteiger charge is -2.08. The second-order valence-corrected chi connectivity index (χ2v) is 5.88. The number of rotatable bonds is 4. The zero-order chi connectivity index (χ0) is 17.9. The summed E-state index contributed by atoms with van der Waals surface area (Å²) in [6, 6.07) is 12.3. The third-order valence-electron chi connectivity index (χ3n) is 3.61. The summed E-state index contributed by atoms with van der Waals surface area (Å²) in [6.07, 6.45) is 2.88. The Bertz CT molecular complexity index is 963. The number of halogens is 1. The van der Waals surface area contributed by atoms with Crippen LogP contribution in [0.5, 0.6) is 11.5 Å². The van der Waals surface area contributed by atoms with Gasteiger partial charge in [0, 0.05) is 22.5 Å². The van der Waals surface area contributed by atoms with Gasteiger partial charge >= 0.3 is 0 Å². The van der Waals surface area contributed by atoms with Gasteiger partial charge in [0.1, 0.15) is 11.5 Å². The maximum absolute atomic E-state index is 12.2. The van der Waals surface area contributed by atoms with Crippen LogP contribution in [-0.4, -0.2) is 22.7 Å². The normalized spacial score (nSPS) is 11.9. The molecule has 26 heavy (non-hydrogen) atoms. The first-order valence-corrected chi connectivity index (χ1v) is 8.11. The Kier molecular flexibility index (Phi) is 4.28. The second-order valence-electron chi connectivity index (χ2n) is 5.44. The minimum atomic E-state index is -0.366. The van der Waals surface area contributed by atoms with E-state index in [0.29, 0.717) is 28.0 Å². The summed E-state index contributed by atoms with van der Waals surface area (Å²) in [5, 5.41) is 6.36. The molecule has 2 heterocycles. The molecule has 0 atom stereocenters. The molecule has 0 saturated carbocycles. The molecule has 0 bridgehead atoms. The predicted molar refractivity (Wildman–Crippen MR) is 97.3 cm³/mol. The molecular weight excluding hydrogens is 356 g/mol. The van der Waals surface area contributed by atoms with E-state index in [2.05, 4.69) is 20.6 Å². The van der Waals surface area contributed by atoms with Crippen molar-refractivity contribution in [2.24, 2.45) is 0 Å². The van der Waals surface area contributed by atoms with Crippen molar-refractivity contribution in [2.75, 3.05) is 17.4 Å². The van der Waals surface area contributed by atoms with Gasteiger partial charge in [-0.3, -0.25) is 4.79 Å². The van der Waals surface area contributed by atoms with Crippen molar-refractivity contribution in [1.82, 2.24) is 9.97 Å². The first-order valence-electron chi connectivity index (χ1n) is 7.73. The van der Waals surface area contributed by atoms with Crippen molar-refractivity contribution in [3.63, 3.8) is 0 Å². The zero-order valence-electron chi connectivity index (χ0n) is 13.4. The van der Waals surface area contributed by atoms with E-state index in [1.54, 1.807) is 24.3 Å². The Morgan fingerprint density at radius 3 is 2.69 bits per heavy atom. The van der Waals surface area contributed by atoms with Crippen LogP contribution in [0.25, 0.3) is 0 Å². The van der Waals surface area contributed by atoms with Gasteiger partial charge in [0.2, 0.25) is 6.79 Å². The highest BCUT2D eigenvalue weighted by Crippen LogP contribution is 2.34. The lowest BCUT2D eigenvalue weighted by atomic mass is 10.3. The predicted octanol–water partition coefficient (Wildman–Crippen LogP) is 3.85. The Hall–Kier alpha value is -3.32. The number of aromatic nitrogens is 2. The van der Waals surface area contributed by atoms with Gasteiger partial charge in [-0.2, -0.15) is 0 Å². The topological polar surface area (TPSA) is 85.4 Å². The fourth-order valence-electron chi connectivity index (χ4n) is 2.39. The van der Waals surface area contributed by atoms with E-state index in [1.807, 2.05) is 18.2 Å². The summed E-state index contributed by atoms with van der Waals surface area (Å²) in [5.74, 6) is 1.51. The van der Waals surface area contributed by atoms with Crippen LogP contribution >= 0.6 is 11.6 Å². The highest BCUT2D eigenvalue weighted by Gasteiger charge is 2.14. The van der Waals surface area contributed by atoms with E-state index in [9.17, 15) is 4.79 Å². The highest BCUT2D eigenvalue weighted by molar-refractivity contribution is 6.30. The molecule has 130 valence electrons. The van der Waals surface area contributed by atoms with Gasteiger partial charge in [-0.15, -0.1) is 0 Å². The average molecular weight is 369 g/mol. The number of benzene rings is 2. The van der Waals surface area contributed by atoms with Crippen molar-refractivity contribution in [3.05, 3.63) is 65.6 Å². The molecule has 1 amide bonds. The van der Waals surface area contributed by atoms with Gasteiger partial charge in [0.15, 0.2) is 11.5 Å². The fraction of sp³-hybridized carbons (Fsp3) is 0.0556. The minimum Gasteiger partial charge on any atom is -0.454 e. The lowest BCUT2D eigenvalue weighted by molar-refractivity contribution is 0.102. The molecule has 3 aromatic rings. The van der Waals surface area contributed by atoms with Crippen LogP contribution < -0.4 is 20.1 Å². The van der Waals surface area contributed by atoms with Crippen LogP contribution in [0.1, 0.15) is 10.5 Å². The molecule has 0 aliphatic carbocycles. The van der Waals surface area contributed by atoms with E-state index in [0.717, 1.165) is 5.69 Å². The van der Waals surface area contributed by atoms with Gasteiger partial charge < -0.3 is 20.1 Å². The van der Waals surface area contributed by atoms with Crippen LogP contribution in [0.4, 0.5) is 17.2 Å². The highest BCUT2D eigenvalue weighted by atomic mass is 35.5. The van der Waals surface area contributed by atoms with Crippen LogP contribution in [0.3, 0.4) is 0 Å². The van der Waals surface area contributed by atoms with Crippen molar-refractivity contribution in [2.45, 2.75) is 0 Å². The van der Waals surface area contributed by atoms with Crippen LogP contribution in [0.15, 0.2) is 54.9 Å². The van der Waals surface area contributed by atoms with Crippen molar-refractivity contribution < 1.29 is 14.3 Å². The fourth-order valence-corrected chi connectivity index (χ4v) is 2.58. The Morgan fingerprint density at radius 2 is 1.88 bits per heavy atom. The maximum Gasteiger partial charge on any atom is 0.275 e. The lowest BCUT2D eigenvalue weighted by Crippen LogP contribution is -2.14. The van der Waals surface area contributed by atoms with Crippen LogP contribution in [-0.2, 0) is 0 Å². The standard InChI is InChI=1S/C18H13ClN4O3/c19-11-2-1-3-12(6-11)23-18(24)14-8-21-17(9-20-14)22-13-4-5-15-16(7-13)26-10-25-15/h1-9H,10H2,(H,21,22)(H,23,24). The number of carbonyl (C=O) groups excluding carboxylic acids is 1. The average Bonchev–Trinajstić information content (AvgIpc) is 3.10. The van der Waals surface area contributed by atoms with Crippen molar-refractivity contribution in [1.29, 1.82) is 0 Å². The molecule has 0 spiro atoms. The number of nitrogens with one attached hydrogen (secondary N) is 2. The van der Waals surface area contributed by atoms with Crippen LogP contribution in [0.2, 0.25) is 5.02 Å². The molecule has 2 aromatic carbocycles. The Morgan fingerprint density at radius 1 is 1.00 bits per heavy atom. The molecule has 1 aromatic heterocycles. The molecule has 4 rings (SSSR count). The number of anilines is 3. The quantitative estimate of drug-likeness (QED) is 0.727. The summed E-state index contributed by atoms with van der Waals surface area (Å²) in [5.41, 5.74) is 1.56. The summed E-state index contributed by atoms with van der Waals surface area (Å²) in [7, 11) is 0. The Balaban J connectivity index is 1.44. The number of hydrogen-bond donors (Lipinski definition) is 2. The minimum absolute atomic E-state index is 0.196. The number of amides is 1. The number of carbonyl (C=O) groups is 1. The van der Waals surface area contributed by atoms with Gasteiger partial charge in [-0.05, 0) is 30.3 Å². The molecule has 2 N–H and O–H groups in total. The smallest absolute Gasteiger partial charge is 0.275 e. The van der Waals surface area contributed by atoms with Crippen molar-refractivity contribution in [3.8, 4) is 11.5 Å². The number of fused-ring (bicyclic) bond motifs is 1.